The number of hydrogen-bond acceptors (Lipinski definition) is 6. The fourth-order valence-electron chi connectivity index (χ4n) is 6.34. The van der Waals surface area contributed by atoms with Gasteiger partial charge in [0.25, 0.3) is 0 Å². The van der Waals surface area contributed by atoms with E-state index in [-0.39, 0.29) is 44.0 Å². The van der Waals surface area contributed by atoms with E-state index < -0.39 is 6.10 Å². The maximum Gasteiger partial charge on any atom is 0.306 e. The first-order chi connectivity index (χ1) is 31.5. The number of rotatable bonds is 43. The molecule has 0 aliphatic heterocycles. The van der Waals surface area contributed by atoms with E-state index in [2.05, 4.69) is 75.5 Å². The quantitative estimate of drug-likeness (QED) is 0.0200. The normalized spacial score (nSPS) is 13.2. The molecule has 6 nitrogen and oxygen atoms in total. The van der Waals surface area contributed by atoms with Crippen LogP contribution in [0.1, 0.15) is 194 Å². The van der Waals surface area contributed by atoms with Gasteiger partial charge < -0.3 is 14.2 Å². The largest absolute Gasteiger partial charge is 0.462 e. The van der Waals surface area contributed by atoms with E-state index in [0.717, 1.165) is 83.5 Å². The number of ether oxygens (including phenoxy) is 3. The van der Waals surface area contributed by atoms with Gasteiger partial charge in [0.2, 0.25) is 0 Å². The molecule has 0 fully saturated rings. The Morgan fingerprint density at radius 3 is 1.23 bits per heavy atom. The summed E-state index contributed by atoms with van der Waals surface area (Å²) in [6, 6.07) is 0. The van der Waals surface area contributed by atoms with E-state index >= 15 is 0 Å². The monoisotopic (exact) mass is 883 g/mol. The highest BCUT2D eigenvalue weighted by Gasteiger charge is 2.19. The van der Waals surface area contributed by atoms with Crippen LogP contribution in [0.25, 0.3) is 0 Å². The average Bonchev–Trinajstić information content (AvgIpc) is 3.29. The summed E-state index contributed by atoms with van der Waals surface area (Å²) in [5.74, 6) is -1.06. The number of unbranched alkanes of at least 4 members (excludes halogenated alkanes) is 16. The fraction of sp³-hybridized carbons (Fsp3) is 0.569. The van der Waals surface area contributed by atoms with Crippen LogP contribution in [0.3, 0.4) is 0 Å². The molecule has 0 aliphatic rings. The minimum atomic E-state index is -0.828. The molecule has 0 amide bonds. The molecule has 0 spiro atoms. The summed E-state index contributed by atoms with van der Waals surface area (Å²) in [7, 11) is 0. The molecular weight excluding hydrogens is 793 g/mol. The Bertz CT molecular complexity index is 1430. The van der Waals surface area contributed by atoms with Crippen molar-refractivity contribution in [3.63, 3.8) is 0 Å². The minimum absolute atomic E-state index is 0.127. The molecule has 0 saturated heterocycles. The second-order valence-electron chi connectivity index (χ2n) is 16.1. The fourth-order valence-corrected chi connectivity index (χ4v) is 6.34. The topological polar surface area (TPSA) is 78.9 Å². The molecule has 0 rings (SSSR count). The lowest BCUT2D eigenvalue weighted by atomic mass is 10.1. The Morgan fingerprint density at radius 1 is 0.344 bits per heavy atom. The lowest BCUT2D eigenvalue weighted by Crippen LogP contribution is -2.30. The van der Waals surface area contributed by atoms with Gasteiger partial charge in [-0.25, -0.2) is 0 Å². The summed E-state index contributed by atoms with van der Waals surface area (Å²) < 4.78 is 16.7. The maximum absolute atomic E-state index is 12.8. The molecule has 0 aromatic heterocycles. The lowest BCUT2D eigenvalue weighted by Gasteiger charge is -2.18. The van der Waals surface area contributed by atoms with Crippen LogP contribution in [0, 0.1) is 0 Å². The van der Waals surface area contributed by atoms with Crippen LogP contribution in [0.4, 0.5) is 0 Å². The van der Waals surface area contributed by atoms with Crippen molar-refractivity contribution in [1.29, 1.82) is 0 Å². The van der Waals surface area contributed by atoms with Crippen molar-refractivity contribution in [2.45, 2.75) is 200 Å². The molecule has 6 heteroatoms. The Hall–Kier alpha value is -4.45. The van der Waals surface area contributed by atoms with Gasteiger partial charge in [0.15, 0.2) is 6.10 Å². The van der Waals surface area contributed by atoms with Crippen LogP contribution >= 0.6 is 0 Å². The summed E-state index contributed by atoms with van der Waals surface area (Å²) >= 11 is 0. The van der Waals surface area contributed by atoms with Crippen molar-refractivity contribution in [2.75, 3.05) is 13.2 Å². The van der Waals surface area contributed by atoms with Gasteiger partial charge in [-0.15, -0.1) is 0 Å². The maximum atomic E-state index is 12.8. The van der Waals surface area contributed by atoms with E-state index in [1.165, 1.54) is 57.8 Å². The summed E-state index contributed by atoms with van der Waals surface area (Å²) in [5.41, 5.74) is 0. The third kappa shape index (κ3) is 48.6. The predicted molar refractivity (Wildman–Crippen MR) is 274 cm³/mol. The zero-order valence-corrected chi connectivity index (χ0v) is 40.7. The van der Waals surface area contributed by atoms with Crippen LogP contribution in [0.2, 0.25) is 0 Å². The number of carbonyl (C=O) groups excluding carboxylic acids is 3. The molecule has 1 atom stereocenters. The number of hydrogen-bond donors (Lipinski definition) is 0. The van der Waals surface area contributed by atoms with Crippen LogP contribution in [0.5, 0.6) is 0 Å². The first-order valence-electron chi connectivity index (χ1n) is 25.3. The number of carbonyl (C=O) groups is 3. The first kappa shape index (κ1) is 59.5. The Labute approximate surface area is 392 Å². The summed E-state index contributed by atoms with van der Waals surface area (Å²) in [5, 5.41) is 0. The minimum Gasteiger partial charge on any atom is -0.462 e. The molecule has 0 heterocycles. The first-order valence-corrected chi connectivity index (χ1v) is 25.3. The van der Waals surface area contributed by atoms with Crippen molar-refractivity contribution in [2.24, 2.45) is 0 Å². The summed E-state index contributed by atoms with van der Waals surface area (Å²) in [4.78, 5) is 37.9. The predicted octanol–water partition coefficient (Wildman–Crippen LogP) is 16.7. The highest BCUT2D eigenvalue weighted by molar-refractivity contribution is 5.71. The van der Waals surface area contributed by atoms with E-state index in [0.29, 0.717) is 19.3 Å². The Kier molecular flexibility index (Phi) is 47.6. The second kappa shape index (κ2) is 51.2. The number of esters is 3. The molecule has 64 heavy (non-hydrogen) atoms. The third-order valence-electron chi connectivity index (χ3n) is 10.1. The van der Waals surface area contributed by atoms with Crippen molar-refractivity contribution < 1.29 is 28.6 Å². The van der Waals surface area contributed by atoms with Crippen LogP contribution in [-0.2, 0) is 28.6 Å². The van der Waals surface area contributed by atoms with Gasteiger partial charge in [-0.1, -0.05) is 225 Å². The highest BCUT2D eigenvalue weighted by atomic mass is 16.6. The zero-order chi connectivity index (χ0) is 46.5. The Morgan fingerprint density at radius 2 is 0.719 bits per heavy atom. The highest BCUT2D eigenvalue weighted by Crippen LogP contribution is 2.13. The second-order valence-corrected chi connectivity index (χ2v) is 16.1. The molecule has 0 aromatic carbocycles. The molecule has 0 radical (unpaired) electrons. The van der Waals surface area contributed by atoms with Crippen molar-refractivity contribution >= 4 is 17.9 Å². The molecule has 0 bridgehead atoms. The van der Waals surface area contributed by atoms with Gasteiger partial charge >= 0.3 is 17.9 Å². The molecule has 1 unspecified atom stereocenters. The van der Waals surface area contributed by atoms with Gasteiger partial charge in [0.1, 0.15) is 13.2 Å². The van der Waals surface area contributed by atoms with Crippen LogP contribution in [0.15, 0.2) is 134 Å². The van der Waals surface area contributed by atoms with Gasteiger partial charge in [-0.05, 0) is 83.5 Å². The molecule has 0 aliphatic carbocycles. The Balaban J connectivity index is 4.58. The summed E-state index contributed by atoms with van der Waals surface area (Å²) in [6.07, 6.45) is 71.5. The van der Waals surface area contributed by atoms with Crippen LogP contribution < -0.4 is 0 Å². The molecule has 0 N–H and O–H groups in total. The average molecular weight is 883 g/mol. The van der Waals surface area contributed by atoms with Crippen molar-refractivity contribution in [3.05, 3.63) is 134 Å². The smallest absolute Gasteiger partial charge is 0.306 e. The van der Waals surface area contributed by atoms with Gasteiger partial charge in [0.05, 0.1) is 0 Å². The molecule has 0 saturated carbocycles. The SMILES string of the molecule is CC/C=C/C=C/C=C/C=C/C=C/C=C/C=C/CCCCCC(=O)OCC(COC(=O)CC/C=C/C/C=C/CCCCCCCC)OC(=O)CCCCCCCCC/C=C/C/C=C/CC. The van der Waals surface area contributed by atoms with Crippen molar-refractivity contribution in [1.82, 2.24) is 0 Å². The van der Waals surface area contributed by atoms with Crippen LogP contribution in [-0.4, -0.2) is 37.2 Å². The molecular formula is C58H90O6. The zero-order valence-electron chi connectivity index (χ0n) is 40.7. The van der Waals surface area contributed by atoms with E-state index in [9.17, 15) is 14.4 Å². The molecule has 0 aromatic rings. The number of allylic oxidation sites excluding steroid dienone is 22. The van der Waals surface area contributed by atoms with Gasteiger partial charge in [-0.3, -0.25) is 14.4 Å². The van der Waals surface area contributed by atoms with Gasteiger partial charge in [0, 0.05) is 19.3 Å². The van der Waals surface area contributed by atoms with E-state index in [4.69, 9.17) is 14.2 Å². The summed E-state index contributed by atoms with van der Waals surface area (Å²) in [6.45, 7) is 6.25. The third-order valence-corrected chi connectivity index (χ3v) is 10.1. The van der Waals surface area contributed by atoms with E-state index in [1.807, 2.05) is 79.0 Å². The van der Waals surface area contributed by atoms with Gasteiger partial charge in [-0.2, -0.15) is 0 Å². The van der Waals surface area contributed by atoms with E-state index in [1.54, 1.807) is 0 Å². The standard InChI is InChI=1S/C58H90O6/c1-4-7-10-13-16-19-22-25-27-28-29-30-31-34-36-39-42-45-48-51-57(60)63-54-55(53-62-56(59)50-47-44-41-38-35-32-24-21-18-15-12-9-6-3)64-58(61)52-49-46-43-40-37-33-26-23-20-17-14-11-8-5-2/h7-8,10-11,13,16-17,19-20,22,25,27-32,34-36,41,44,55H,4-6,9,12,14-15,18,21,23-24,26,33,37-40,42-43,45-54H2,1-3H3/b10-7+,11-8+,16-13+,20-17+,22-19+,27-25+,29-28+,31-30+,35-32+,36-34+,44-41+. The lowest BCUT2D eigenvalue weighted by molar-refractivity contribution is -0.166. The van der Waals surface area contributed by atoms with Crippen molar-refractivity contribution in [3.8, 4) is 0 Å². The molecule has 358 valence electrons.